The van der Waals surface area contributed by atoms with Gasteiger partial charge in [0.1, 0.15) is 5.65 Å². The van der Waals surface area contributed by atoms with Crippen LogP contribution in [0.3, 0.4) is 0 Å². The van der Waals surface area contributed by atoms with Crippen LogP contribution >= 0.6 is 11.6 Å². The highest BCUT2D eigenvalue weighted by molar-refractivity contribution is 6.30. The highest BCUT2D eigenvalue weighted by Gasteiger charge is 2.03. The van der Waals surface area contributed by atoms with Crippen LogP contribution in [0.15, 0.2) is 54.9 Å². The van der Waals surface area contributed by atoms with Crippen molar-refractivity contribution in [3.05, 3.63) is 71.1 Å². The van der Waals surface area contributed by atoms with Crippen LogP contribution in [0.2, 0.25) is 5.02 Å². The predicted molar refractivity (Wildman–Crippen MR) is 89.0 cm³/mol. The smallest absolute Gasteiger partial charge is 0.248 e. The van der Waals surface area contributed by atoms with Gasteiger partial charge in [0, 0.05) is 23.0 Å². The Balaban J connectivity index is 1.76. The number of fused-ring (bicyclic) bond motifs is 1. The molecule has 1 N–H and O–H groups in total. The van der Waals surface area contributed by atoms with Crippen molar-refractivity contribution in [1.29, 1.82) is 0 Å². The van der Waals surface area contributed by atoms with E-state index in [9.17, 15) is 4.79 Å². The van der Waals surface area contributed by atoms with E-state index in [1.807, 2.05) is 41.8 Å². The molecule has 3 aromatic rings. The minimum Gasteiger partial charge on any atom is -0.322 e. The Morgan fingerprint density at radius 1 is 1.32 bits per heavy atom. The number of amides is 1. The number of hydrogen-bond donors (Lipinski definition) is 1. The summed E-state index contributed by atoms with van der Waals surface area (Å²) in [5.74, 6) is -0.198. The molecule has 0 unspecified atom stereocenters. The van der Waals surface area contributed by atoms with Crippen molar-refractivity contribution in [1.82, 2.24) is 9.38 Å². The molecule has 0 aliphatic heterocycles. The van der Waals surface area contributed by atoms with E-state index < -0.39 is 0 Å². The topological polar surface area (TPSA) is 46.4 Å². The third-order valence-electron chi connectivity index (χ3n) is 3.30. The number of aryl methyl sites for hydroxylation is 1. The lowest BCUT2D eigenvalue weighted by molar-refractivity contribution is -0.111. The average molecular weight is 312 g/mol. The SMILES string of the molecule is Cc1cc(Cl)ccc1NC(=O)/C=C/c1cnc2ccccn12. The fraction of sp³-hybridized carbons (Fsp3) is 0.0588. The third-order valence-corrected chi connectivity index (χ3v) is 3.53. The molecule has 0 saturated heterocycles. The zero-order chi connectivity index (χ0) is 15.5. The van der Waals surface area contributed by atoms with Gasteiger partial charge in [-0.15, -0.1) is 0 Å². The number of halogens is 1. The van der Waals surface area contributed by atoms with Crippen LogP contribution in [0.4, 0.5) is 5.69 Å². The number of aromatic nitrogens is 2. The van der Waals surface area contributed by atoms with Gasteiger partial charge in [-0.3, -0.25) is 4.79 Å². The van der Waals surface area contributed by atoms with Crippen LogP contribution in [-0.4, -0.2) is 15.3 Å². The lowest BCUT2D eigenvalue weighted by Crippen LogP contribution is -2.08. The first-order valence-electron chi connectivity index (χ1n) is 6.81. The van der Waals surface area contributed by atoms with Gasteiger partial charge in [-0.25, -0.2) is 4.98 Å². The standard InChI is InChI=1S/C17H14ClN3O/c1-12-10-13(18)5-7-15(12)20-17(22)8-6-14-11-19-16-4-2-3-9-21(14)16/h2-11H,1H3,(H,20,22)/b8-6+. The maximum atomic E-state index is 12.0. The molecule has 22 heavy (non-hydrogen) atoms. The summed E-state index contributed by atoms with van der Waals surface area (Å²) < 4.78 is 1.91. The number of pyridine rings is 1. The second-order valence-corrected chi connectivity index (χ2v) is 5.33. The second kappa shape index (κ2) is 6.03. The highest BCUT2D eigenvalue weighted by atomic mass is 35.5. The van der Waals surface area contributed by atoms with E-state index in [4.69, 9.17) is 11.6 Å². The first kappa shape index (κ1) is 14.4. The molecule has 0 bridgehead atoms. The molecule has 2 heterocycles. The summed E-state index contributed by atoms with van der Waals surface area (Å²) in [5.41, 5.74) is 3.36. The zero-order valence-corrected chi connectivity index (χ0v) is 12.7. The van der Waals surface area contributed by atoms with Crippen LogP contribution in [-0.2, 0) is 4.79 Å². The summed E-state index contributed by atoms with van der Waals surface area (Å²) in [7, 11) is 0. The van der Waals surface area contributed by atoms with Gasteiger partial charge in [0.05, 0.1) is 11.9 Å². The van der Waals surface area contributed by atoms with E-state index in [1.54, 1.807) is 24.4 Å². The molecule has 0 atom stereocenters. The first-order valence-corrected chi connectivity index (χ1v) is 7.18. The Labute approximate surface area is 133 Å². The van der Waals surface area contributed by atoms with Gasteiger partial charge in [-0.1, -0.05) is 17.7 Å². The number of imidazole rings is 1. The van der Waals surface area contributed by atoms with Gasteiger partial charge in [0.15, 0.2) is 0 Å². The molecular weight excluding hydrogens is 298 g/mol. The van der Waals surface area contributed by atoms with E-state index in [-0.39, 0.29) is 5.91 Å². The molecule has 0 spiro atoms. The highest BCUT2D eigenvalue weighted by Crippen LogP contribution is 2.19. The van der Waals surface area contributed by atoms with Crippen molar-refractivity contribution in [2.24, 2.45) is 0 Å². The van der Waals surface area contributed by atoms with E-state index >= 15 is 0 Å². The van der Waals surface area contributed by atoms with E-state index in [0.717, 1.165) is 22.6 Å². The predicted octanol–water partition coefficient (Wildman–Crippen LogP) is 3.95. The van der Waals surface area contributed by atoms with Crippen molar-refractivity contribution in [3.63, 3.8) is 0 Å². The molecule has 110 valence electrons. The minimum absolute atomic E-state index is 0.198. The number of hydrogen-bond acceptors (Lipinski definition) is 2. The van der Waals surface area contributed by atoms with Crippen molar-refractivity contribution < 1.29 is 4.79 Å². The Hall–Kier alpha value is -2.59. The summed E-state index contributed by atoms with van der Waals surface area (Å²) in [6.07, 6.45) is 6.86. The number of carbonyl (C=O) groups excluding carboxylic acids is 1. The normalized spacial score (nSPS) is 11.2. The molecule has 0 fully saturated rings. The monoisotopic (exact) mass is 311 g/mol. The number of anilines is 1. The van der Waals surface area contributed by atoms with Crippen molar-refractivity contribution >= 4 is 34.9 Å². The molecule has 4 nitrogen and oxygen atoms in total. The van der Waals surface area contributed by atoms with Crippen molar-refractivity contribution in [3.8, 4) is 0 Å². The van der Waals surface area contributed by atoms with Gasteiger partial charge < -0.3 is 9.72 Å². The van der Waals surface area contributed by atoms with E-state index in [2.05, 4.69) is 10.3 Å². The van der Waals surface area contributed by atoms with Gasteiger partial charge >= 0.3 is 0 Å². The number of nitrogens with one attached hydrogen (secondary N) is 1. The lowest BCUT2D eigenvalue weighted by atomic mass is 10.2. The van der Waals surface area contributed by atoms with Crippen LogP contribution in [0.25, 0.3) is 11.7 Å². The fourth-order valence-corrected chi connectivity index (χ4v) is 2.40. The molecular formula is C17H14ClN3O. The first-order chi connectivity index (χ1) is 10.6. The fourth-order valence-electron chi connectivity index (χ4n) is 2.18. The summed E-state index contributed by atoms with van der Waals surface area (Å²) >= 11 is 5.90. The zero-order valence-electron chi connectivity index (χ0n) is 12.0. The number of benzene rings is 1. The van der Waals surface area contributed by atoms with Crippen LogP contribution in [0.1, 0.15) is 11.3 Å². The average Bonchev–Trinajstić information content (AvgIpc) is 2.91. The quantitative estimate of drug-likeness (QED) is 0.744. The minimum atomic E-state index is -0.198. The van der Waals surface area contributed by atoms with E-state index in [1.165, 1.54) is 6.08 Å². The molecule has 1 amide bonds. The van der Waals surface area contributed by atoms with Crippen molar-refractivity contribution in [2.45, 2.75) is 6.92 Å². The lowest BCUT2D eigenvalue weighted by Gasteiger charge is -2.06. The molecule has 0 radical (unpaired) electrons. The van der Waals surface area contributed by atoms with Gasteiger partial charge in [-0.2, -0.15) is 0 Å². The molecule has 0 aliphatic carbocycles. The maximum absolute atomic E-state index is 12.0. The van der Waals surface area contributed by atoms with Gasteiger partial charge in [0.2, 0.25) is 5.91 Å². The molecule has 1 aromatic carbocycles. The van der Waals surface area contributed by atoms with Crippen molar-refractivity contribution in [2.75, 3.05) is 5.32 Å². The summed E-state index contributed by atoms with van der Waals surface area (Å²) in [5, 5.41) is 3.48. The maximum Gasteiger partial charge on any atom is 0.248 e. The molecule has 2 aromatic heterocycles. The Morgan fingerprint density at radius 3 is 3.00 bits per heavy atom. The Bertz CT molecular complexity index is 867. The van der Waals surface area contributed by atoms with Crippen LogP contribution in [0.5, 0.6) is 0 Å². The Kier molecular flexibility index (Phi) is 3.94. The van der Waals surface area contributed by atoms with Gasteiger partial charge in [-0.05, 0) is 48.9 Å². The number of rotatable bonds is 3. The third kappa shape index (κ3) is 3.02. The molecule has 3 rings (SSSR count). The molecule has 0 saturated carbocycles. The summed E-state index contributed by atoms with van der Waals surface area (Å²) in [6.45, 7) is 1.90. The summed E-state index contributed by atoms with van der Waals surface area (Å²) in [4.78, 5) is 16.3. The largest absolute Gasteiger partial charge is 0.322 e. The summed E-state index contributed by atoms with van der Waals surface area (Å²) in [6, 6.07) is 11.1. The number of nitrogens with zero attached hydrogens (tertiary/aromatic N) is 2. The molecule has 0 aliphatic rings. The van der Waals surface area contributed by atoms with Crippen LogP contribution in [0, 0.1) is 6.92 Å². The second-order valence-electron chi connectivity index (χ2n) is 4.89. The van der Waals surface area contributed by atoms with Gasteiger partial charge in [0.25, 0.3) is 0 Å². The van der Waals surface area contributed by atoms with E-state index in [0.29, 0.717) is 5.02 Å². The molecule has 5 heteroatoms. The Morgan fingerprint density at radius 2 is 2.18 bits per heavy atom. The number of carbonyl (C=O) groups is 1. The van der Waals surface area contributed by atoms with Crippen LogP contribution < -0.4 is 5.32 Å².